The topological polar surface area (TPSA) is 15.3 Å². The van der Waals surface area contributed by atoms with Crippen molar-refractivity contribution in [2.45, 2.75) is 47.1 Å². The summed E-state index contributed by atoms with van der Waals surface area (Å²) in [5, 5.41) is 3.59. The average Bonchev–Trinajstić information content (AvgIpc) is 2.22. The lowest BCUT2D eigenvalue weighted by Gasteiger charge is -2.23. The molecule has 0 radical (unpaired) electrons. The molecule has 0 spiro atoms. The van der Waals surface area contributed by atoms with Gasteiger partial charge in [0.05, 0.1) is 0 Å². The van der Waals surface area contributed by atoms with Gasteiger partial charge in [-0.2, -0.15) is 0 Å². The van der Waals surface area contributed by atoms with E-state index in [1.807, 2.05) is 0 Å². The van der Waals surface area contributed by atoms with Gasteiger partial charge in [0.1, 0.15) is 0 Å². The van der Waals surface area contributed by atoms with Crippen molar-refractivity contribution >= 4 is 0 Å². The standard InChI is InChI=1S/C12H28N2/c1-6-11(4)12(5)13-9-10-14(7-2)8-3/h11-13H,6-10H2,1-5H3/t11-,12-/m0/s1. The molecule has 2 atom stereocenters. The Morgan fingerprint density at radius 1 is 1.07 bits per heavy atom. The molecule has 0 saturated carbocycles. The summed E-state index contributed by atoms with van der Waals surface area (Å²) >= 11 is 0. The van der Waals surface area contributed by atoms with Crippen LogP contribution in [-0.4, -0.2) is 37.1 Å². The van der Waals surface area contributed by atoms with Crippen LogP contribution in [0.2, 0.25) is 0 Å². The molecule has 0 unspecified atom stereocenters. The monoisotopic (exact) mass is 200 g/mol. The van der Waals surface area contributed by atoms with E-state index in [9.17, 15) is 0 Å². The number of nitrogens with one attached hydrogen (secondary N) is 1. The fourth-order valence-corrected chi connectivity index (χ4v) is 1.54. The second-order valence-electron chi connectivity index (χ2n) is 4.16. The zero-order valence-electron chi connectivity index (χ0n) is 10.6. The zero-order valence-corrected chi connectivity index (χ0v) is 10.6. The summed E-state index contributed by atoms with van der Waals surface area (Å²) in [5.74, 6) is 0.784. The largest absolute Gasteiger partial charge is 0.313 e. The van der Waals surface area contributed by atoms with Crippen molar-refractivity contribution in [1.82, 2.24) is 10.2 Å². The first kappa shape index (κ1) is 13.9. The van der Waals surface area contributed by atoms with Crippen LogP contribution in [0.4, 0.5) is 0 Å². The van der Waals surface area contributed by atoms with E-state index in [2.05, 4.69) is 44.8 Å². The van der Waals surface area contributed by atoms with Crippen LogP contribution in [0.15, 0.2) is 0 Å². The number of rotatable bonds is 8. The highest BCUT2D eigenvalue weighted by Crippen LogP contribution is 2.05. The average molecular weight is 200 g/mol. The van der Waals surface area contributed by atoms with Crippen molar-refractivity contribution in [3.05, 3.63) is 0 Å². The second kappa shape index (κ2) is 8.25. The minimum Gasteiger partial charge on any atom is -0.313 e. The Kier molecular flexibility index (Phi) is 8.20. The first-order valence-corrected chi connectivity index (χ1v) is 6.11. The molecule has 0 fully saturated rings. The smallest absolute Gasteiger partial charge is 0.0107 e. The second-order valence-corrected chi connectivity index (χ2v) is 4.16. The fraction of sp³-hybridized carbons (Fsp3) is 1.00. The van der Waals surface area contributed by atoms with Crippen LogP contribution in [0.25, 0.3) is 0 Å². The van der Waals surface area contributed by atoms with Gasteiger partial charge >= 0.3 is 0 Å². The molecule has 0 rings (SSSR count). The predicted molar refractivity (Wildman–Crippen MR) is 64.7 cm³/mol. The Bertz CT molecular complexity index is 121. The maximum absolute atomic E-state index is 3.59. The predicted octanol–water partition coefficient (Wildman–Crippen LogP) is 2.35. The normalized spacial score (nSPS) is 15.9. The first-order valence-electron chi connectivity index (χ1n) is 6.11. The summed E-state index contributed by atoms with van der Waals surface area (Å²) < 4.78 is 0. The molecule has 0 amide bonds. The fourth-order valence-electron chi connectivity index (χ4n) is 1.54. The third-order valence-electron chi connectivity index (χ3n) is 3.29. The van der Waals surface area contributed by atoms with E-state index in [-0.39, 0.29) is 0 Å². The number of likely N-dealkylation sites (N-methyl/N-ethyl adjacent to an activating group) is 1. The van der Waals surface area contributed by atoms with Crippen LogP contribution in [0.1, 0.15) is 41.0 Å². The lowest BCUT2D eigenvalue weighted by atomic mass is 10.0. The first-order chi connectivity index (χ1) is 6.65. The van der Waals surface area contributed by atoms with Crippen molar-refractivity contribution in [3.8, 4) is 0 Å². The number of nitrogens with zero attached hydrogens (tertiary/aromatic N) is 1. The molecule has 0 aliphatic heterocycles. The summed E-state index contributed by atoms with van der Waals surface area (Å²) in [6.07, 6.45) is 1.26. The van der Waals surface area contributed by atoms with Crippen molar-refractivity contribution in [2.75, 3.05) is 26.2 Å². The van der Waals surface area contributed by atoms with Crippen LogP contribution < -0.4 is 5.32 Å². The van der Waals surface area contributed by atoms with Gasteiger partial charge in [-0.1, -0.05) is 34.1 Å². The lowest BCUT2D eigenvalue weighted by molar-refractivity contribution is 0.286. The van der Waals surface area contributed by atoms with Gasteiger partial charge < -0.3 is 10.2 Å². The molecule has 0 saturated heterocycles. The molecule has 14 heavy (non-hydrogen) atoms. The molecule has 1 N–H and O–H groups in total. The van der Waals surface area contributed by atoms with E-state index < -0.39 is 0 Å². The van der Waals surface area contributed by atoms with E-state index in [4.69, 9.17) is 0 Å². The molecule has 2 heteroatoms. The van der Waals surface area contributed by atoms with E-state index in [1.165, 1.54) is 13.0 Å². The molecular formula is C12H28N2. The molecule has 86 valence electrons. The van der Waals surface area contributed by atoms with Crippen molar-refractivity contribution in [3.63, 3.8) is 0 Å². The summed E-state index contributed by atoms with van der Waals surface area (Å²) in [7, 11) is 0. The maximum Gasteiger partial charge on any atom is 0.0107 e. The van der Waals surface area contributed by atoms with E-state index >= 15 is 0 Å². The third kappa shape index (κ3) is 5.61. The molecule has 2 nitrogen and oxygen atoms in total. The molecule has 0 aromatic rings. The Hall–Kier alpha value is -0.0800. The Morgan fingerprint density at radius 3 is 2.07 bits per heavy atom. The van der Waals surface area contributed by atoms with Crippen LogP contribution >= 0.6 is 0 Å². The molecule has 0 aliphatic rings. The van der Waals surface area contributed by atoms with Gasteiger partial charge in [-0.15, -0.1) is 0 Å². The van der Waals surface area contributed by atoms with Gasteiger partial charge in [-0.05, 0) is 25.9 Å². The van der Waals surface area contributed by atoms with Gasteiger partial charge in [0.2, 0.25) is 0 Å². The minimum atomic E-state index is 0.649. The molecule has 0 aromatic heterocycles. The highest BCUT2D eigenvalue weighted by Gasteiger charge is 2.08. The van der Waals surface area contributed by atoms with Crippen molar-refractivity contribution in [2.24, 2.45) is 5.92 Å². The zero-order chi connectivity index (χ0) is 11.0. The molecular weight excluding hydrogens is 172 g/mol. The lowest BCUT2D eigenvalue weighted by Crippen LogP contribution is -2.38. The Morgan fingerprint density at radius 2 is 1.64 bits per heavy atom. The maximum atomic E-state index is 3.59. The highest BCUT2D eigenvalue weighted by atomic mass is 15.1. The highest BCUT2D eigenvalue weighted by molar-refractivity contribution is 4.67. The van der Waals surface area contributed by atoms with Crippen LogP contribution in [0.5, 0.6) is 0 Å². The van der Waals surface area contributed by atoms with E-state index in [0.29, 0.717) is 6.04 Å². The van der Waals surface area contributed by atoms with E-state index in [1.54, 1.807) is 0 Å². The number of hydrogen-bond donors (Lipinski definition) is 1. The van der Waals surface area contributed by atoms with Crippen LogP contribution in [0.3, 0.4) is 0 Å². The van der Waals surface area contributed by atoms with Crippen LogP contribution in [-0.2, 0) is 0 Å². The minimum absolute atomic E-state index is 0.649. The van der Waals surface area contributed by atoms with Gasteiger partial charge in [0, 0.05) is 19.1 Å². The van der Waals surface area contributed by atoms with Crippen molar-refractivity contribution in [1.29, 1.82) is 0 Å². The summed E-state index contributed by atoms with van der Waals surface area (Å²) in [6, 6.07) is 0.649. The molecule has 0 heterocycles. The van der Waals surface area contributed by atoms with E-state index in [0.717, 1.165) is 25.6 Å². The van der Waals surface area contributed by atoms with Gasteiger partial charge in [-0.3, -0.25) is 0 Å². The summed E-state index contributed by atoms with van der Waals surface area (Å²) in [4.78, 5) is 2.45. The molecule has 0 aromatic carbocycles. The quantitative estimate of drug-likeness (QED) is 0.647. The van der Waals surface area contributed by atoms with Gasteiger partial charge in [0.25, 0.3) is 0 Å². The summed E-state index contributed by atoms with van der Waals surface area (Å²) in [6.45, 7) is 15.9. The summed E-state index contributed by atoms with van der Waals surface area (Å²) in [5.41, 5.74) is 0. The molecule has 0 bridgehead atoms. The van der Waals surface area contributed by atoms with Crippen LogP contribution in [0, 0.1) is 5.92 Å². The van der Waals surface area contributed by atoms with Gasteiger partial charge in [0.15, 0.2) is 0 Å². The van der Waals surface area contributed by atoms with Crippen molar-refractivity contribution < 1.29 is 0 Å². The SMILES string of the molecule is CC[C@H](C)[C@H](C)NCCN(CC)CC. The molecule has 0 aliphatic carbocycles. The number of hydrogen-bond acceptors (Lipinski definition) is 2. The Labute approximate surface area is 90.1 Å². The van der Waals surface area contributed by atoms with Gasteiger partial charge in [-0.25, -0.2) is 0 Å². The third-order valence-corrected chi connectivity index (χ3v) is 3.29. The Balaban J connectivity index is 3.52.